The predicted molar refractivity (Wildman–Crippen MR) is 226 cm³/mol. The van der Waals surface area contributed by atoms with E-state index in [-0.39, 0.29) is 22.2 Å². The minimum atomic E-state index is 0.0354. The maximum absolute atomic E-state index is 5.38. The van der Waals surface area contributed by atoms with Gasteiger partial charge in [-0.2, -0.15) is 15.0 Å². The highest BCUT2D eigenvalue weighted by atomic mass is 15.4. The van der Waals surface area contributed by atoms with Crippen molar-refractivity contribution in [3.8, 4) is 0 Å². The van der Waals surface area contributed by atoms with Gasteiger partial charge in [-0.1, -0.05) is 52.9 Å². The van der Waals surface area contributed by atoms with Gasteiger partial charge in [0.05, 0.1) is 0 Å². The lowest BCUT2D eigenvalue weighted by Crippen LogP contribution is -2.63. The van der Waals surface area contributed by atoms with Crippen LogP contribution in [0.2, 0.25) is 0 Å². The van der Waals surface area contributed by atoms with Gasteiger partial charge >= 0.3 is 0 Å². The summed E-state index contributed by atoms with van der Waals surface area (Å²) in [4.78, 5) is 26.0. The Labute approximate surface area is 322 Å². The number of piperidine rings is 2. The molecule has 0 radical (unpaired) electrons. The highest BCUT2D eigenvalue weighted by Gasteiger charge is 2.42. The largest absolute Gasteiger partial charge is 0.344 e. The maximum atomic E-state index is 5.38. The van der Waals surface area contributed by atoms with Crippen LogP contribution in [0.4, 0.5) is 17.8 Å². The Balaban J connectivity index is 1.85. The van der Waals surface area contributed by atoms with E-state index in [0.29, 0.717) is 18.1 Å². The number of unbranched alkanes of at least 4 members (excludes halogenated alkanes) is 6. The van der Waals surface area contributed by atoms with Crippen LogP contribution in [0.5, 0.6) is 0 Å². The van der Waals surface area contributed by atoms with Crippen molar-refractivity contribution in [2.24, 2.45) is 0 Å². The summed E-state index contributed by atoms with van der Waals surface area (Å²) in [6, 6.07) is 1.55. The summed E-state index contributed by atoms with van der Waals surface area (Å²) < 4.78 is 0. The van der Waals surface area contributed by atoms with Crippen LogP contribution in [0.25, 0.3) is 0 Å². The molecule has 9 heteroatoms. The maximum Gasteiger partial charge on any atom is 0.232 e. The van der Waals surface area contributed by atoms with E-state index in [1.807, 2.05) is 0 Å². The Morgan fingerprint density at radius 3 is 1.44 bits per heavy atom. The van der Waals surface area contributed by atoms with E-state index in [9.17, 15) is 0 Å². The number of nitrogens with one attached hydrogen (secondary N) is 2. The van der Waals surface area contributed by atoms with E-state index in [0.717, 1.165) is 102 Å². The smallest absolute Gasteiger partial charge is 0.232 e. The topological polar surface area (TPSA) is 75.7 Å². The molecule has 1 aromatic heterocycles. The number of hydrogen-bond donors (Lipinski definition) is 2. The Hall–Kier alpha value is -1.71. The molecule has 0 bridgehead atoms. The lowest BCUT2D eigenvalue weighted by molar-refractivity contribution is 0.0466. The highest BCUT2D eigenvalue weighted by molar-refractivity contribution is 5.47. The number of aromatic nitrogens is 3. The molecule has 0 aliphatic carbocycles. The third kappa shape index (κ3) is 14.2. The third-order valence-electron chi connectivity index (χ3n) is 11.4. The SMILES string of the molecule is CCCCN(C)c1nc(N(CCCC)CCCC)nc(N(CCCCCCN(C(C)C)C2CC(C)(C)NC(C)(C)C2)C2CC(C)(C)NC(C)(C)C2)n1. The fraction of sp³-hybridized carbons (Fsp3) is 0.930. The molecule has 52 heavy (non-hydrogen) atoms. The van der Waals surface area contributed by atoms with Crippen LogP contribution in [0.15, 0.2) is 0 Å². The first kappa shape index (κ1) is 44.7. The van der Waals surface area contributed by atoms with Gasteiger partial charge in [0.15, 0.2) is 0 Å². The number of hydrogen-bond acceptors (Lipinski definition) is 9. The molecule has 302 valence electrons. The summed E-state index contributed by atoms with van der Waals surface area (Å²) in [5, 5.41) is 7.82. The van der Waals surface area contributed by atoms with Crippen molar-refractivity contribution >= 4 is 17.8 Å². The number of anilines is 3. The van der Waals surface area contributed by atoms with Crippen molar-refractivity contribution in [3.63, 3.8) is 0 Å². The molecule has 2 N–H and O–H groups in total. The van der Waals surface area contributed by atoms with Crippen molar-refractivity contribution in [1.82, 2.24) is 30.5 Å². The fourth-order valence-electron chi connectivity index (χ4n) is 9.52. The van der Waals surface area contributed by atoms with Crippen LogP contribution in [-0.2, 0) is 0 Å². The minimum absolute atomic E-state index is 0.0354. The molecule has 0 saturated carbocycles. The number of nitrogens with zero attached hydrogens (tertiary/aromatic N) is 7. The second-order valence-corrected chi connectivity index (χ2v) is 19.6. The first-order valence-electron chi connectivity index (χ1n) is 21.6. The molecule has 2 saturated heterocycles. The summed E-state index contributed by atoms with van der Waals surface area (Å²) in [6.45, 7) is 35.7. The summed E-state index contributed by atoms with van der Waals surface area (Å²) >= 11 is 0. The monoisotopic (exact) mass is 728 g/mol. The fourth-order valence-corrected chi connectivity index (χ4v) is 9.52. The summed E-state index contributed by atoms with van der Waals surface area (Å²) in [6.07, 6.45) is 16.4. The molecule has 1 aromatic rings. The lowest BCUT2D eigenvalue weighted by Gasteiger charge is -2.50. The van der Waals surface area contributed by atoms with E-state index >= 15 is 0 Å². The quantitative estimate of drug-likeness (QED) is 0.114. The van der Waals surface area contributed by atoms with Crippen LogP contribution in [0.3, 0.4) is 0 Å². The Morgan fingerprint density at radius 2 is 0.962 bits per heavy atom. The Bertz CT molecular complexity index is 1140. The van der Waals surface area contributed by atoms with Gasteiger partial charge in [0.1, 0.15) is 0 Å². The molecular weight excluding hydrogens is 643 g/mol. The first-order valence-corrected chi connectivity index (χ1v) is 21.6. The zero-order valence-electron chi connectivity index (χ0n) is 36.8. The van der Waals surface area contributed by atoms with Crippen LogP contribution in [0, 0.1) is 0 Å². The normalized spacial score (nSPS) is 20.1. The van der Waals surface area contributed by atoms with Crippen LogP contribution >= 0.6 is 0 Å². The molecule has 2 aliphatic rings. The standard InChI is InChI=1S/C43H85N9/c1-15-18-25-49(14)37-44-38(50(26-19-16-2)27-20-17-3)46-39(45-37)52(36-32-42(10,11)48-43(12,13)33-36)29-24-22-21-23-28-51(34(4)5)35-30-40(6,7)47-41(8,9)31-35/h34-36,47-48H,15-33H2,1-14H3. The van der Waals surface area contributed by atoms with Crippen molar-refractivity contribution in [2.75, 3.05) is 54.5 Å². The Kier molecular flexibility index (Phi) is 17.0. The van der Waals surface area contributed by atoms with Gasteiger partial charge in [0.25, 0.3) is 0 Å². The molecule has 3 heterocycles. The van der Waals surface area contributed by atoms with Gasteiger partial charge in [0.2, 0.25) is 17.8 Å². The molecule has 0 amide bonds. The molecular formula is C43H85N9. The lowest BCUT2D eigenvalue weighted by atomic mass is 9.78. The molecule has 9 nitrogen and oxygen atoms in total. The van der Waals surface area contributed by atoms with Gasteiger partial charge in [-0.15, -0.1) is 0 Å². The van der Waals surface area contributed by atoms with Gasteiger partial charge < -0.3 is 25.3 Å². The predicted octanol–water partition coefficient (Wildman–Crippen LogP) is 9.21. The van der Waals surface area contributed by atoms with Crippen LogP contribution in [-0.4, -0.2) is 99.9 Å². The third-order valence-corrected chi connectivity index (χ3v) is 11.4. The van der Waals surface area contributed by atoms with Gasteiger partial charge in [-0.05, 0) is 134 Å². The molecule has 2 aliphatic heterocycles. The van der Waals surface area contributed by atoms with E-state index in [1.54, 1.807) is 0 Å². The van der Waals surface area contributed by atoms with E-state index in [2.05, 4.69) is 127 Å². The Morgan fingerprint density at radius 1 is 0.538 bits per heavy atom. The summed E-state index contributed by atoms with van der Waals surface area (Å²) in [5.41, 5.74) is 0.411. The van der Waals surface area contributed by atoms with Gasteiger partial charge in [-0.25, -0.2) is 0 Å². The van der Waals surface area contributed by atoms with Crippen molar-refractivity contribution in [2.45, 2.75) is 220 Å². The first-order chi connectivity index (χ1) is 24.3. The van der Waals surface area contributed by atoms with Crippen LogP contribution in [0.1, 0.15) is 180 Å². The molecule has 0 aromatic carbocycles. The molecule has 0 unspecified atom stereocenters. The second kappa shape index (κ2) is 19.7. The average Bonchev–Trinajstić information content (AvgIpc) is 3.01. The van der Waals surface area contributed by atoms with E-state index in [4.69, 9.17) is 15.0 Å². The molecule has 2 fully saturated rings. The number of rotatable bonds is 22. The minimum Gasteiger partial charge on any atom is -0.344 e. The summed E-state index contributed by atoms with van der Waals surface area (Å²) in [7, 11) is 2.16. The van der Waals surface area contributed by atoms with Gasteiger partial charge in [0, 0.05) is 73.5 Å². The van der Waals surface area contributed by atoms with E-state index in [1.165, 1.54) is 38.6 Å². The van der Waals surface area contributed by atoms with Crippen LogP contribution < -0.4 is 25.3 Å². The van der Waals surface area contributed by atoms with E-state index < -0.39 is 0 Å². The summed E-state index contributed by atoms with van der Waals surface area (Å²) in [5.74, 6) is 2.56. The molecule has 0 spiro atoms. The van der Waals surface area contributed by atoms with Gasteiger partial charge in [-0.3, -0.25) is 4.90 Å². The zero-order valence-corrected chi connectivity index (χ0v) is 36.8. The molecule has 0 atom stereocenters. The van der Waals surface area contributed by atoms with Crippen molar-refractivity contribution in [1.29, 1.82) is 0 Å². The second-order valence-electron chi connectivity index (χ2n) is 19.6. The van der Waals surface area contributed by atoms with Crippen molar-refractivity contribution < 1.29 is 0 Å². The highest BCUT2D eigenvalue weighted by Crippen LogP contribution is 2.35. The average molecular weight is 728 g/mol. The van der Waals surface area contributed by atoms with Crippen molar-refractivity contribution in [3.05, 3.63) is 0 Å². The molecule has 3 rings (SSSR count). The zero-order chi connectivity index (χ0) is 38.7.